The van der Waals surface area contributed by atoms with Crippen LogP contribution < -0.4 is 19.7 Å². The summed E-state index contributed by atoms with van der Waals surface area (Å²) >= 11 is 3.51. The molecule has 0 aromatic heterocycles. The van der Waals surface area contributed by atoms with Gasteiger partial charge in [0, 0.05) is 17.1 Å². The van der Waals surface area contributed by atoms with Gasteiger partial charge in [0.05, 0.1) is 19.3 Å². The van der Waals surface area contributed by atoms with E-state index >= 15 is 0 Å². The predicted octanol–water partition coefficient (Wildman–Crippen LogP) is 4.41. The first-order chi connectivity index (χ1) is 17.7. The third kappa shape index (κ3) is 5.34. The van der Waals surface area contributed by atoms with Gasteiger partial charge in [-0.3, -0.25) is 14.5 Å². The van der Waals surface area contributed by atoms with E-state index in [1.807, 2.05) is 42.5 Å². The van der Waals surface area contributed by atoms with Crippen LogP contribution in [-0.4, -0.2) is 60.8 Å². The van der Waals surface area contributed by atoms with Gasteiger partial charge in [0.2, 0.25) is 5.91 Å². The summed E-state index contributed by atoms with van der Waals surface area (Å²) in [6.07, 6.45) is -0.975. The third-order valence-electron chi connectivity index (χ3n) is 6.49. The summed E-state index contributed by atoms with van der Waals surface area (Å²) in [6.45, 7) is 1.79. The van der Waals surface area contributed by atoms with Crippen molar-refractivity contribution in [2.24, 2.45) is 0 Å². The Morgan fingerprint density at radius 1 is 1.24 bits per heavy atom. The topological polar surface area (TPSA) is 108 Å². The number of amides is 3. The van der Waals surface area contributed by atoms with Gasteiger partial charge in [-0.1, -0.05) is 47.1 Å². The lowest BCUT2D eigenvalue weighted by Crippen LogP contribution is -2.55. The minimum atomic E-state index is -1.23. The van der Waals surface area contributed by atoms with Crippen LogP contribution in [0.1, 0.15) is 18.9 Å². The van der Waals surface area contributed by atoms with Crippen LogP contribution in [0, 0.1) is 0 Å². The second-order valence-corrected chi connectivity index (χ2v) is 9.61. The van der Waals surface area contributed by atoms with Crippen molar-refractivity contribution in [1.82, 2.24) is 10.2 Å². The molecule has 0 saturated carbocycles. The number of methoxy groups -OCH3 is 1. The number of carboxylic acid groups (broad SMARTS) is 1. The van der Waals surface area contributed by atoms with Crippen molar-refractivity contribution >= 4 is 50.3 Å². The Kier molecular flexibility index (Phi) is 7.87. The van der Waals surface area contributed by atoms with Crippen LogP contribution in [0.15, 0.2) is 59.1 Å². The Morgan fingerprint density at radius 3 is 2.70 bits per heavy atom. The summed E-state index contributed by atoms with van der Waals surface area (Å²) in [7, 11) is 2.91. The number of likely N-dealkylation sites (N-methyl/N-ethyl adjacent to an activating group) is 1. The monoisotopic (exact) mass is 569 g/mol. The number of nitrogens with one attached hydrogen (secondary N) is 1. The van der Waals surface area contributed by atoms with E-state index < -0.39 is 24.1 Å². The van der Waals surface area contributed by atoms with E-state index in [-0.39, 0.29) is 25.5 Å². The molecule has 3 amide bonds. The number of para-hydroxylation sites is 2. The number of rotatable bonds is 7. The van der Waals surface area contributed by atoms with Crippen molar-refractivity contribution < 1.29 is 29.0 Å². The van der Waals surface area contributed by atoms with Crippen LogP contribution in [0.3, 0.4) is 0 Å². The second kappa shape index (κ2) is 11.1. The standard InChI is InChI=1S/C27H28BrN3O6/c1-4-21(30(2)27(34)35)25(32)29-20-15-37-24-8-6-5-7-22(24)31(26(20)33)14-19-18-11-10-17(28)13-16(18)9-12-23(19)36-3/h5-13,20-21H,4,14-15H2,1-3H3,(H,29,32)(H,34,35)/t20-,21-/m0/s1. The molecule has 1 aliphatic heterocycles. The predicted molar refractivity (Wildman–Crippen MR) is 143 cm³/mol. The van der Waals surface area contributed by atoms with Crippen LogP contribution in [0.5, 0.6) is 11.5 Å². The van der Waals surface area contributed by atoms with Crippen LogP contribution in [0.25, 0.3) is 10.8 Å². The Morgan fingerprint density at radius 2 is 2.00 bits per heavy atom. The van der Waals surface area contributed by atoms with E-state index in [4.69, 9.17) is 9.47 Å². The first-order valence-electron chi connectivity index (χ1n) is 11.8. The first-order valence-corrected chi connectivity index (χ1v) is 12.6. The number of carbonyl (C=O) groups excluding carboxylic acids is 2. The van der Waals surface area contributed by atoms with Gasteiger partial charge < -0.3 is 24.8 Å². The van der Waals surface area contributed by atoms with E-state index in [2.05, 4.69) is 21.2 Å². The fourth-order valence-electron chi connectivity index (χ4n) is 4.51. The van der Waals surface area contributed by atoms with Gasteiger partial charge in [-0.25, -0.2) is 4.79 Å². The van der Waals surface area contributed by atoms with Gasteiger partial charge in [0.25, 0.3) is 5.91 Å². The maximum absolute atomic E-state index is 13.9. The molecule has 3 aromatic carbocycles. The molecule has 37 heavy (non-hydrogen) atoms. The molecule has 4 rings (SSSR count). The largest absolute Gasteiger partial charge is 0.496 e. The van der Waals surface area contributed by atoms with E-state index in [1.165, 1.54) is 7.05 Å². The number of nitrogens with zero attached hydrogens (tertiary/aromatic N) is 2. The lowest BCUT2D eigenvalue weighted by Gasteiger charge is -2.28. The second-order valence-electron chi connectivity index (χ2n) is 8.69. The molecule has 2 atom stereocenters. The highest BCUT2D eigenvalue weighted by Crippen LogP contribution is 2.36. The Hall–Kier alpha value is -3.79. The normalized spacial score (nSPS) is 15.8. The van der Waals surface area contributed by atoms with Crippen molar-refractivity contribution in [2.45, 2.75) is 32.0 Å². The van der Waals surface area contributed by atoms with Crippen molar-refractivity contribution in [3.05, 3.63) is 64.6 Å². The van der Waals surface area contributed by atoms with Crippen molar-refractivity contribution in [3.63, 3.8) is 0 Å². The van der Waals surface area contributed by atoms with Crippen LogP contribution in [0.2, 0.25) is 0 Å². The van der Waals surface area contributed by atoms with Crippen molar-refractivity contribution in [3.8, 4) is 11.5 Å². The molecular formula is C27H28BrN3O6. The lowest BCUT2D eigenvalue weighted by atomic mass is 10.0. The minimum Gasteiger partial charge on any atom is -0.496 e. The Labute approximate surface area is 223 Å². The summed E-state index contributed by atoms with van der Waals surface area (Å²) in [5, 5.41) is 14.0. The van der Waals surface area contributed by atoms with Crippen molar-refractivity contribution in [2.75, 3.05) is 25.7 Å². The van der Waals surface area contributed by atoms with E-state index in [1.54, 1.807) is 31.1 Å². The Balaban J connectivity index is 1.72. The number of benzene rings is 3. The third-order valence-corrected chi connectivity index (χ3v) is 6.98. The number of fused-ring (bicyclic) bond motifs is 2. The molecule has 1 heterocycles. The molecule has 0 bridgehead atoms. The zero-order valence-electron chi connectivity index (χ0n) is 20.7. The fraction of sp³-hybridized carbons (Fsp3) is 0.296. The molecule has 9 nitrogen and oxygen atoms in total. The minimum absolute atomic E-state index is 0.0923. The van der Waals surface area contributed by atoms with Gasteiger partial charge in [0.1, 0.15) is 30.2 Å². The van der Waals surface area contributed by atoms with Gasteiger partial charge >= 0.3 is 6.09 Å². The molecule has 2 N–H and O–H groups in total. The summed E-state index contributed by atoms with van der Waals surface area (Å²) in [5.74, 6) is 0.194. The molecule has 3 aromatic rings. The maximum atomic E-state index is 13.9. The molecule has 194 valence electrons. The molecular weight excluding hydrogens is 542 g/mol. The summed E-state index contributed by atoms with van der Waals surface area (Å²) in [5.41, 5.74) is 1.37. The summed E-state index contributed by atoms with van der Waals surface area (Å²) < 4.78 is 12.5. The van der Waals surface area contributed by atoms with E-state index in [0.717, 1.165) is 25.7 Å². The van der Waals surface area contributed by atoms with E-state index in [9.17, 15) is 19.5 Å². The van der Waals surface area contributed by atoms with Gasteiger partial charge in [-0.2, -0.15) is 0 Å². The molecule has 0 fully saturated rings. The first kappa shape index (κ1) is 26.3. The van der Waals surface area contributed by atoms with Gasteiger partial charge in [-0.05, 0) is 47.5 Å². The molecule has 0 saturated heterocycles. The van der Waals surface area contributed by atoms with E-state index in [0.29, 0.717) is 17.2 Å². The zero-order chi connectivity index (χ0) is 26.7. The molecule has 1 aliphatic rings. The van der Waals surface area contributed by atoms with Crippen LogP contribution in [0.4, 0.5) is 10.5 Å². The smallest absolute Gasteiger partial charge is 0.407 e. The van der Waals surface area contributed by atoms with Crippen LogP contribution in [-0.2, 0) is 16.1 Å². The quantitative estimate of drug-likeness (QED) is 0.436. The molecule has 0 spiro atoms. The number of hydrogen-bond donors (Lipinski definition) is 2. The number of anilines is 1. The highest BCUT2D eigenvalue weighted by atomic mass is 79.9. The zero-order valence-corrected chi connectivity index (χ0v) is 22.3. The number of hydrogen-bond acceptors (Lipinski definition) is 5. The highest BCUT2D eigenvalue weighted by Gasteiger charge is 2.35. The maximum Gasteiger partial charge on any atom is 0.407 e. The van der Waals surface area contributed by atoms with Crippen LogP contribution >= 0.6 is 15.9 Å². The summed E-state index contributed by atoms with van der Waals surface area (Å²) in [4.78, 5) is 40.9. The number of ether oxygens (including phenoxy) is 2. The molecule has 0 aliphatic carbocycles. The fourth-order valence-corrected chi connectivity index (χ4v) is 4.89. The molecule has 0 unspecified atom stereocenters. The average Bonchev–Trinajstić information content (AvgIpc) is 3.01. The van der Waals surface area contributed by atoms with Crippen molar-refractivity contribution in [1.29, 1.82) is 0 Å². The highest BCUT2D eigenvalue weighted by molar-refractivity contribution is 9.10. The number of carbonyl (C=O) groups is 3. The summed E-state index contributed by atoms with van der Waals surface area (Å²) in [6, 6.07) is 14.9. The van der Waals surface area contributed by atoms with Gasteiger partial charge in [0.15, 0.2) is 0 Å². The Bertz CT molecular complexity index is 1350. The SMILES string of the molecule is CC[C@@H](C(=O)N[C@H]1COc2ccccc2N(Cc2c(OC)ccc3cc(Br)ccc23)C1=O)N(C)C(=O)O. The lowest BCUT2D eigenvalue weighted by molar-refractivity contribution is -0.130. The molecule has 10 heteroatoms. The average molecular weight is 570 g/mol. The molecule has 0 radical (unpaired) electrons. The van der Waals surface area contributed by atoms with Gasteiger partial charge in [-0.15, -0.1) is 0 Å². The number of halogens is 1.